The fraction of sp³-hybridized carbons (Fsp3) is 0.240. The predicted molar refractivity (Wildman–Crippen MR) is 241 cm³/mol. The first-order chi connectivity index (χ1) is 30.2. The summed E-state index contributed by atoms with van der Waals surface area (Å²) in [7, 11) is 0. The number of nitriles is 2. The lowest BCUT2D eigenvalue weighted by molar-refractivity contribution is 0.282. The number of hydrogen-bond donors (Lipinski definition) is 4. The maximum Gasteiger partial charge on any atom is 0.142 e. The highest BCUT2D eigenvalue weighted by Gasteiger charge is 2.17. The van der Waals surface area contributed by atoms with Crippen molar-refractivity contribution in [1.29, 1.82) is 10.5 Å². The van der Waals surface area contributed by atoms with Gasteiger partial charge in [0.2, 0.25) is 0 Å². The van der Waals surface area contributed by atoms with Crippen molar-refractivity contribution < 1.29 is 29.2 Å². The van der Waals surface area contributed by atoms with E-state index in [1.807, 2.05) is 60.7 Å². The molecule has 12 heteroatoms. The van der Waals surface area contributed by atoms with E-state index in [2.05, 4.69) is 48.8 Å². The first-order valence-electron chi connectivity index (χ1n) is 20.2. The van der Waals surface area contributed by atoms with Crippen LogP contribution in [0.25, 0.3) is 11.1 Å². The Hall–Kier alpha value is -6.08. The molecule has 318 valence electrons. The number of aliphatic hydroxyl groups excluding tert-OH is 2. The Bertz CT molecular complexity index is 2390. The summed E-state index contributed by atoms with van der Waals surface area (Å²) in [5.74, 6) is 2.09. The van der Waals surface area contributed by atoms with Gasteiger partial charge in [-0.15, -0.1) is 0 Å². The fourth-order valence-electron chi connectivity index (χ4n) is 6.88. The molecule has 0 saturated carbocycles. The van der Waals surface area contributed by atoms with Gasteiger partial charge in [0.25, 0.3) is 0 Å². The highest BCUT2D eigenvalue weighted by atomic mass is 35.5. The SMILES string of the molecule is Cc1c(COc2cc(OCc3cccc(C#N)c3)c(CNCCO)cc2Cl)cccc1-c1cccc(COc2cc(OCc3cccc(C#N)c3)c(CNCCO)cc2Cl)c1C. The lowest BCUT2D eigenvalue weighted by atomic mass is 9.92. The van der Waals surface area contributed by atoms with Crippen molar-refractivity contribution in [3.63, 3.8) is 0 Å². The van der Waals surface area contributed by atoms with Crippen LogP contribution in [0.4, 0.5) is 0 Å². The minimum atomic E-state index is -0.00278. The van der Waals surface area contributed by atoms with Crippen molar-refractivity contribution >= 4 is 23.2 Å². The van der Waals surface area contributed by atoms with Crippen LogP contribution in [-0.4, -0.2) is 36.5 Å². The van der Waals surface area contributed by atoms with E-state index in [4.69, 9.17) is 42.1 Å². The molecule has 0 atom stereocenters. The van der Waals surface area contributed by atoms with Crippen LogP contribution < -0.4 is 29.6 Å². The molecular formula is C50H48Cl2N4O6. The molecule has 0 fully saturated rings. The van der Waals surface area contributed by atoms with Crippen molar-refractivity contribution in [3.05, 3.63) is 175 Å². The summed E-state index contributed by atoms with van der Waals surface area (Å²) in [5, 5.41) is 44.5. The molecule has 6 aromatic rings. The van der Waals surface area contributed by atoms with Crippen molar-refractivity contribution in [1.82, 2.24) is 10.6 Å². The van der Waals surface area contributed by atoms with E-state index >= 15 is 0 Å². The quantitative estimate of drug-likeness (QED) is 0.0516. The second-order valence-electron chi connectivity index (χ2n) is 14.5. The summed E-state index contributed by atoms with van der Waals surface area (Å²) in [5.41, 5.74) is 10.6. The van der Waals surface area contributed by atoms with Gasteiger partial charge in [-0.1, -0.05) is 83.9 Å². The Morgan fingerprint density at radius 1 is 0.500 bits per heavy atom. The lowest BCUT2D eigenvalue weighted by Gasteiger charge is -2.19. The number of hydrogen-bond acceptors (Lipinski definition) is 10. The van der Waals surface area contributed by atoms with Gasteiger partial charge < -0.3 is 39.8 Å². The molecule has 6 aromatic carbocycles. The summed E-state index contributed by atoms with van der Waals surface area (Å²) >= 11 is 13.6. The molecule has 0 aliphatic heterocycles. The van der Waals surface area contributed by atoms with Crippen molar-refractivity contribution in [2.45, 2.75) is 53.4 Å². The third-order valence-electron chi connectivity index (χ3n) is 10.3. The zero-order valence-electron chi connectivity index (χ0n) is 34.6. The summed E-state index contributed by atoms with van der Waals surface area (Å²) < 4.78 is 25.2. The molecule has 0 unspecified atom stereocenters. The van der Waals surface area contributed by atoms with Crippen LogP contribution in [0.3, 0.4) is 0 Å². The summed E-state index contributed by atoms with van der Waals surface area (Å²) in [4.78, 5) is 0. The largest absolute Gasteiger partial charge is 0.488 e. The monoisotopic (exact) mass is 870 g/mol. The number of halogens is 2. The van der Waals surface area contributed by atoms with Gasteiger partial charge in [0.1, 0.15) is 49.4 Å². The zero-order chi connectivity index (χ0) is 43.8. The summed E-state index contributed by atoms with van der Waals surface area (Å²) in [6, 6.07) is 38.3. The molecule has 0 amide bonds. The number of aliphatic hydroxyl groups is 2. The molecule has 0 spiro atoms. The minimum Gasteiger partial charge on any atom is -0.488 e. The van der Waals surface area contributed by atoms with Crippen LogP contribution >= 0.6 is 23.2 Å². The Morgan fingerprint density at radius 3 is 1.31 bits per heavy atom. The van der Waals surface area contributed by atoms with E-state index in [0.29, 0.717) is 70.3 Å². The number of nitrogens with one attached hydrogen (secondary N) is 2. The Labute approximate surface area is 372 Å². The van der Waals surface area contributed by atoms with E-state index < -0.39 is 0 Å². The van der Waals surface area contributed by atoms with E-state index in [9.17, 15) is 20.7 Å². The molecule has 0 heterocycles. The van der Waals surface area contributed by atoms with Crippen LogP contribution in [0.5, 0.6) is 23.0 Å². The molecule has 0 bridgehead atoms. The third-order valence-corrected chi connectivity index (χ3v) is 10.9. The lowest BCUT2D eigenvalue weighted by Crippen LogP contribution is -2.18. The van der Waals surface area contributed by atoms with Gasteiger partial charge in [0.05, 0.1) is 46.5 Å². The minimum absolute atomic E-state index is 0.00278. The molecule has 0 saturated heterocycles. The molecule has 0 aliphatic rings. The van der Waals surface area contributed by atoms with Crippen LogP contribution in [0.1, 0.15) is 55.6 Å². The van der Waals surface area contributed by atoms with Crippen LogP contribution in [0, 0.1) is 36.5 Å². The summed E-state index contributed by atoms with van der Waals surface area (Å²) in [6.07, 6.45) is 0. The molecule has 6 rings (SSSR count). The van der Waals surface area contributed by atoms with Gasteiger partial charge in [-0.25, -0.2) is 0 Å². The average molecular weight is 872 g/mol. The smallest absolute Gasteiger partial charge is 0.142 e. The third kappa shape index (κ3) is 12.1. The normalized spacial score (nSPS) is 10.8. The van der Waals surface area contributed by atoms with Crippen LogP contribution in [0.15, 0.2) is 109 Å². The molecule has 0 radical (unpaired) electrons. The van der Waals surface area contributed by atoms with Gasteiger partial charge >= 0.3 is 0 Å². The zero-order valence-corrected chi connectivity index (χ0v) is 36.2. The van der Waals surface area contributed by atoms with Crippen molar-refractivity contribution in [2.75, 3.05) is 26.3 Å². The number of benzene rings is 6. The van der Waals surface area contributed by atoms with E-state index in [1.165, 1.54) is 0 Å². The molecule has 4 N–H and O–H groups in total. The maximum atomic E-state index is 9.34. The highest BCUT2D eigenvalue weighted by Crippen LogP contribution is 2.37. The Kier molecular flexibility index (Phi) is 16.6. The number of nitrogens with zero attached hydrogens (tertiary/aromatic N) is 2. The van der Waals surface area contributed by atoms with E-state index in [-0.39, 0.29) is 39.6 Å². The van der Waals surface area contributed by atoms with Crippen LogP contribution in [0.2, 0.25) is 10.0 Å². The van der Waals surface area contributed by atoms with Gasteiger partial charge in [0.15, 0.2) is 0 Å². The second-order valence-corrected chi connectivity index (χ2v) is 15.4. The van der Waals surface area contributed by atoms with Crippen molar-refractivity contribution in [3.8, 4) is 46.3 Å². The molecule has 10 nitrogen and oxygen atoms in total. The molecule has 0 aliphatic carbocycles. The van der Waals surface area contributed by atoms with Gasteiger partial charge in [-0.05, 0) is 94.8 Å². The standard InChI is InChI=1S/C50H48Cl2N4O6/c1-33-39(31-61-49-23-47(41(21-45(49)51)27-55-15-17-57)59-29-37-9-3-7-35(19-37)25-53)11-5-13-43(33)44-14-6-12-40(34(44)2)32-62-50-24-48(42(22-46(50)52)28-56-16-18-58)60-30-38-10-4-8-36(20-38)26-54/h3-14,19-24,55-58H,15-18,27-32H2,1-2H3. The van der Waals surface area contributed by atoms with Gasteiger partial charge in [-0.2, -0.15) is 10.5 Å². The summed E-state index contributed by atoms with van der Waals surface area (Å²) in [6.45, 7) is 6.83. The predicted octanol–water partition coefficient (Wildman–Crippen LogP) is 9.50. The number of rotatable bonds is 21. The number of ether oxygens (including phenoxy) is 4. The van der Waals surface area contributed by atoms with Gasteiger partial charge in [-0.3, -0.25) is 0 Å². The first kappa shape index (κ1) is 45.4. The van der Waals surface area contributed by atoms with Crippen molar-refractivity contribution in [2.24, 2.45) is 0 Å². The first-order valence-corrected chi connectivity index (χ1v) is 20.9. The maximum absolute atomic E-state index is 9.34. The van der Waals surface area contributed by atoms with Crippen LogP contribution in [-0.2, 0) is 39.5 Å². The van der Waals surface area contributed by atoms with E-state index in [1.54, 1.807) is 36.4 Å². The topological polar surface area (TPSA) is 149 Å². The molecule has 0 aromatic heterocycles. The Morgan fingerprint density at radius 2 is 0.903 bits per heavy atom. The Balaban J connectivity index is 1.18. The fourth-order valence-corrected chi connectivity index (χ4v) is 7.36. The van der Waals surface area contributed by atoms with Gasteiger partial charge in [0, 0.05) is 49.4 Å². The highest BCUT2D eigenvalue weighted by molar-refractivity contribution is 6.32. The average Bonchev–Trinajstić information content (AvgIpc) is 3.29. The molecular weight excluding hydrogens is 823 g/mol. The van der Waals surface area contributed by atoms with E-state index in [0.717, 1.165) is 55.6 Å². The second kappa shape index (κ2) is 22.7. The molecule has 62 heavy (non-hydrogen) atoms.